The van der Waals surface area contributed by atoms with Gasteiger partial charge in [-0.2, -0.15) is 10.3 Å². The van der Waals surface area contributed by atoms with Crippen molar-refractivity contribution in [1.82, 2.24) is 25.7 Å². The number of nitrogens with two attached hydrogens (primary N) is 1. The molecule has 146 valence electrons. The number of H-pyrrole nitrogens is 1. The molecule has 29 heavy (non-hydrogen) atoms. The largest absolute Gasteiger partial charge is 0.384 e. The van der Waals surface area contributed by atoms with Crippen molar-refractivity contribution in [3.8, 4) is 0 Å². The molecule has 0 aliphatic heterocycles. The quantitative estimate of drug-likeness (QED) is 0.471. The van der Waals surface area contributed by atoms with Crippen LogP contribution in [0.25, 0.3) is 11.2 Å². The van der Waals surface area contributed by atoms with Gasteiger partial charge in [0, 0.05) is 12.0 Å². The van der Waals surface area contributed by atoms with Crippen LogP contribution in [-0.4, -0.2) is 26.9 Å². The van der Waals surface area contributed by atoms with Crippen molar-refractivity contribution in [2.75, 3.05) is 12.3 Å². The molecule has 0 fully saturated rings. The Kier molecular flexibility index (Phi) is 4.69. The Labute approximate surface area is 169 Å². The van der Waals surface area contributed by atoms with E-state index in [0.717, 1.165) is 36.9 Å². The summed E-state index contributed by atoms with van der Waals surface area (Å²) in [7, 11) is 0. The molecule has 0 saturated heterocycles. The Morgan fingerprint density at radius 2 is 1.90 bits per heavy atom. The van der Waals surface area contributed by atoms with Crippen LogP contribution in [0, 0.1) is 0 Å². The molecule has 6 nitrogen and oxygen atoms in total. The van der Waals surface area contributed by atoms with E-state index in [1.54, 1.807) is 0 Å². The zero-order valence-corrected chi connectivity index (χ0v) is 16.2. The van der Waals surface area contributed by atoms with E-state index in [1.165, 1.54) is 16.7 Å². The fraction of sp³-hybridized carbons (Fsp3) is 0.261. The van der Waals surface area contributed by atoms with Gasteiger partial charge in [0.25, 0.3) is 0 Å². The second kappa shape index (κ2) is 7.64. The molecule has 2 heterocycles. The maximum absolute atomic E-state index is 6.07. The van der Waals surface area contributed by atoms with Crippen molar-refractivity contribution in [3.05, 3.63) is 82.9 Å². The molecule has 4 N–H and O–H groups in total. The highest BCUT2D eigenvalue weighted by Crippen LogP contribution is 2.34. The van der Waals surface area contributed by atoms with Crippen LogP contribution in [0.5, 0.6) is 0 Å². The van der Waals surface area contributed by atoms with Crippen molar-refractivity contribution in [2.24, 2.45) is 0 Å². The van der Waals surface area contributed by atoms with Gasteiger partial charge in [0.2, 0.25) is 5.65 Å². The van der Waals surface area contributed by atoms with Crippen LogP contribution < -0.4 is 11.1 Å². The van der Waals surface area contributed by atoms with Crippen molar-refractivity contribution in [2.45, 2.75) is 31.2 Å². The minimum atomic E-state index is 0.165. The van der Waals surface area contributed by atoms with Crippen LogP contribution in [0.1, 0.15) is 47.1 Å². The third kappa shape index (κ3) is 3.47. The van der Waals surface area contributed by atoms with Gasteiger partial charge in [-0.05, 0) is 54.1 Å². The van der Waals surface area contributed by atoms with E-state index in [-0.39, 0.29) is 5.92 Å². The summed E-state index contributed by atoms with van der Waals surface area (Å²) >= 11 is 0. The van der Waals surface area contributed by atoms with Crippen LogP contribution >= 0.6 is 0 Å². The van der Waals surface area contributed by atoms with Crippen molar-refractivity contribution < 1.29 is 0 Å². The van der Waals surface area contributed by atoms with Crippen LogP contribution in [-0.2, 0) is 6.42 Å². The number of nitrogens with one attached hydrogen (secondary N) is 2. The van der Waals surface area contributed by atoms with Gasteiger partial charge in [0.1, 0.15) is 11.3 Å². The topological polar surface area (TPSA) is 92.5 Å². The average Bonchev–Trinajstić information content (AvgIpc) is 3.38. The number of nitrogens with zero attached hydrogens (tertiary/aromatic N) is 3. The van der Waals surface area contributed by atoms with E-state index in [0.29, 0.717) is 17.5 Å². The highest BCUT2D eigenvalue weighted by atomic mass is 15.3. The predicted molar refractivity (Wildman–Crippen MR) is 115 cm³/mol. The van der Waals surface area contributed by atoms with Crippen molar-refractivity contribution in [3.63, 3.8) is 0 Å². The van der Waals surface area contributed by atoms with Crippen LogP contribution in [0.2, 0.25) is 0 Å². The highest BCUT2D eigenvalue weighted by molar-refractivity contribution is 5.77. The average molecular weight is 384 g/mol. The van der Waals surface area contributed by atoms with E-state index in [2.05, 4.69) is 74.2 Å². The zero-order valence-electron chi connectivity index (χ0n) is 16.2. The highest BCUT2D eigenvalue weighted by Gasteiger charge is 2.23. The van der Waals surface area contributed by atoms with Crippen molar-refractivity contribution in [1.29, 1.82) is 0 Å². The molecular weight excluding hydrogens is 360 g/mol. The number of anilines is 1. The fourth-order valence-corrected chi connectivity index (χ4v) is 4.50. The van der Waals surface area contributed by atoms with Crippen LogP contribution in [0.3, 0.4) is 0 Å². The number of hydrogen-bond acceptors (Lipinski definition) is 5. The van der Waals surface area contributed by atoms with Gasteiger partial charge >= 0.3 is 0 Å². The third-order valence-electron chi connectivity index (χ3n) is 5.88. The maximum Gasteiger partial charge on any atom is 0.203 e. The summed E-state index contributed by atoms with van der Waals surface area (Å²) in [4.78, 5) is 4.30. The van der Waals surface area contributed by atoms with E-state index in [4.69, 9.17) is 5.73 Å². The lowest BCUT2D eigenvalue weighted by atomic mass is 9.88. The monoisotopic (exact) mass is 384 g/mol. The molecule has 0 saturated carbocycles. The first-order valence-corrected chi connectivity index (χ1v) is 10.1. The van der Waals surface area contributed by atoms with Gasteiger partial charge in [-0.25, -0.2) is 4.98 Å². The standard InChI is InChI=1S/C23H24N6/c24-21-14-19(22-23(26-21)28-29-27-22)17(15-6-2-1-3-7-15)12-13-25-20-11-10-16-8-4-5-9-18(16)20/h1-9,14,17,20,25H,10-13H2,(H3,24,26,27,28,29)/t17?,20-/m1/s1. The molecule has 0 amide bonds. The number of fused-ring (bicyclic) bond motifs is 2. The normalized spacial score (nSPS) is 16.8. The van der Waals surface area contributed by atoms with E-state index < -0.39 is 0 Å². The molecule has 0 bridgehead atoms. The Bertz CT molecular complexity index is 1120. The summed E-state index contributed by atoms with van der Waals surface area (Å²) in [6.45, 7) is 0.903. The van der Waals surface area contributed by atoms with Crippen LogP contribution in [0.4, 0.5) is 5.82 Å². The van der Waals surface area contributed by atoms with E-state index in [1.807, 2.05) is 12.1 Å². The number of nitrogen functional groups attached to an aromatic ring is 1. The molecule has 2 aromatic heterocycles. The summed E-state index contributed by atoms with van der Waals surface area (Å²) in [6.07, 6.45) is 3.25. The summed E-state index contributed by atoms with van der Waals surface area (Å²) in [5.41, 5.74) is 12.7. The Morgan fingerprint density at radius 1 is 1.07 bits per heavy atom. The molecule has 0 spiro atoms. The first-order chi connectivity index (χ1) is 14.3. The molecule has 2 atom stereocenters. The summed E-state index contributed by atoms with van der Waals surface area (Å²) in [6, 6.07) is 21.6. The van der Waals surface area contributed by atoms with Gasteiger partial charge < -0.3 is 11.1 Å². The Hall–Kier alpha value is -3.25. The third-order valence-corrected chi connectivity index (χ3v) is 5.88. The predicted octanol–water partition coefficient (Wildman–Crippen LogP) is 3.73. The maximum atomic E-state index is 6.07. The molecule has 2 aromatic carbocycles. The number of aryl methyl sites for hydroxylation is 1. The number of rotatable bonds is 6. The Balaban J connectivity index is 1.41. The molecule has 5 rings (SSSR count). The molecular formula is C23H24N6. The van der Waals surface area contributed by atoms with Gasteiger partial charge in [-0.1, -0.05) is 54.6 Å². The minimum Gasteiger partial charge on any atom is -0.384 e. The second-order valence-electron chi connectivity index (χ2n) is 7.63. The molecule has 4 aromatic rings. The van der Waals surface area contributed by atoms with E-state index in [9.17, 15) is 0 Å². The van der Waals surface area contributed by atoms with Crippen molar-refractivity contribution >= 4 is 17.0 Å². The van der Waals surface area contributed by atoms with Crippen LogP contribution in [0.15, 0.2) is 60.7 Å². The number of hydrogen-bond donors (Lipinski definition) is 3. The molecule has 1 aliphatic rings. The SMILES string of the molecule is Nc1cc(C(CCN[C@@H]2CCc3ccccc32)c2ccccc2)c2n[nH]nc2n1. The first kappa shape index (κ1) is 17.8. The smallest absolute Gasteiger partial charge is 0.203 e. The molecule has 6 heteroatoms. The second-order valence-corrected chi connectivity index (χ2v) is 7.63. The summed E-state index contributed by atoms with van der Waals surface area (Å²) < 4.78 is 0. The first-order valence-electron chi connectivity index (χ1n) is 10.1. The van der Waals surface area contributed by atoms with Gasteiger partial charge in [0.15, 0.2) is 0 Å². The number of pyridine rings is 1. The minimum absolute atomic E-state index is 0.165. The molecule has 0 radical (unpaired) electrons. The molecule has 1 aliphatic carbocycles. The fourth-order valence-electron chi connectivity index (χ4n) is 4.50. The molecule has 1 unspecified atom stereocenters. The van der Waals surface area contributed by atoms with E-state index >= 15 is 0 Å². The lowest BCUT2D eigenvalue weighted by Crippen LogP contribution is -2.22. The Morgan fingerprint density at radius 3 is 2.79 bits per heavy atom. The van der Waals surface area contributed by atoms with Gasteiger partial charge in [-0.3, -0.25) is 0 Å². The zero-order chi connectivity index (χ0) is 19.6. The lowest BCUT2D eigenvalue weighted by Gasteiger charge is -2.21. The number of benzene rings is 2. The lowest BCUT2D eigenvalue weighted by molar-refractivity contribution is 0.508. The summed E-state index contributed by atoms with van der Waals surface area (Å²) in [5.74, 6) is 0.637. The van der Waals surface area contributed by atoms with Gasteiger partial charge in [0.05, 0.1) is 0 Å². The number of aromatic amines is 1. The number of aromatic nitrogens is 4. The summed E-state index contributed by atoms with van der Waals surface area (Å²) in [5, 5.41) is 15.0. The van der Waals surface area contributed by atoms with Gasteiger partial charge in [-0.15, -0.1) is 5.10 Å².